The fraction of sp³-hybridized carbons (Fsp3) is 0.219. The second-order valence-corrected chi connectivity index (χ2v) is 14.0. The first-order chi connectivity index (χ1) is 20.6. The molecule has 0 fully saturated rings. The number of esters is 1. The molecule has 0 atom stereocenters. The van der Waals surface area contributed by atoms with E-state index >= 15 is 0 Å². The zero-order valence-electron chi connectivity index (χ0n) is 24.1. The van der Waals surface area contributed by atoms with Gasteiger partial charge in [-0.3, -0.25) is 4.98 Å². The van der Waals surface area contributed by atoms with E-state index in [0.29, 0.717) is 17.0 Å². The van der Waals surface area contributed by atoms with Gasteiger partial charge in [-0.05, 0) is 86.5 Å². The third kappa shape index (κ3) is 7.95. The predicted molar refractivity (Wildman–Crippen MR) is 165 cm³/mol. The minimum atomic E-state index is -3.91. The molecule has 2 aromatic carbocycles. The maximum atomic E-state index is 14.1. The molecule has 9 nitrogen and oxygen atoms in total. The molecule has 43 heavy (non-hydrogen) atoms. The molecule has 0 amide bonds. The van der Waals surface area contributed by atoms with Gasteiger partial charge in [0.2, 0.25) is 0 Å². The van der Waals surface area contributed by atoms with Gasteiger partial charge in [-0.1, -0.05) is 30.3 Å². The third-order valence-electron chi connectivity index (χ3n) is 6.19. The largest absolute Gasteiger partial charge is 0.482 e. The zero-order chi connectivity index (χ0) is 30.5. The number of hydrogen-bond acceptors (Lipinski definition) is 8. The van der Waals surface area contributed by atoms with Gasteiger partial charge in [0.15, 0.2) is 6.61 Å². The van der Waals surface area contributed by atoms with Crippen LogP contribution >= 0.6 is 11.3 Å². The van der Waals surface area contributed by atoms with E-state index in [1.807, 2.05) is 60.8 Å². The van der Waals surface area contributed by atoms with Gasteiger partial charge in [0.05, 0.1) is 16.3 Å². The summed E-state index contributed by atoms with van der Waals surface area (Å²) in [6.45, 7) is 5.34. The van der Waals surface area contributed by atoms with E-state index in [-0.39, 0.29) is 23.9 Å². The highest BCUT2D eigenvalue weighted by atomic mass is 32.2. The number of nitrogens with zero attached hydrogens (tertiary/aromatic N) is 4. The molecule has 5 aromatic rings. The molecule has 222 valence electrons. The number of carbonyl (C=O) groups is 1. The van der Waals surface area contributed by atoms with Gasteiger partial charge in [-0.25, -0.2) is 17.9 Å². The first-order valence-corrected chi connectivity index (χ1v) is 15.9. The van der Waals surface area contributed by atoms with E-state index in [1.165, 1.54) is 15.6 Å². The number of aromatic nitrogens is 3. The molecular weight excluding hydrogens is 585 g/mol. The van der Waals surface area contributed by atoms with E-state index in [0.717, 1.165) is 16.1 Å². The van der Waals surface area contributed by atoms with E-state index in [9.17, 15) is 13.2 Å². The van der Waals surface area contributed by atoms with Crippen LogP contribution in [0, 0.1) is 0 Å². The lowest BCUT2D eigenvalue weighted by Gasteiger charge is -2.22. The molecule has 0 N–H and O–H groups in total. The van der Waals surface area contributed by atoms with E-state index in [1.54, 1.807) is 68.2 Å². The summed E-state index contributed by atoms with van der Waals surface area (Å²) in [5, 5.41) is 4.26. The normalized spacial score (nSPS) is 11.9. The molecular formula is C32H32N4O5S2. The molecule has 0 spiro atoms. The fourth-order valence-corrected chi connectivity index (χ4v) is 7.14. The third-order valence-corrected chi connectivity index (χ3v) is 9.56. The molecule has 0 saturated carbocycles. The van der Waals surface area contributed by atoms with Crippen molar-refractivity contribution in [3.63, 3.8) is 0 Å². The van der Waals surface area contributed by atoms with Crippen molar-refractivity contribution in [2.75, 3.05) is 6.61 Å². The second-order valence-electron chi connectivity index (χ2n) is 10.7. The molecule has 0 saturated heterocycles. The van der Waals surface area contributed by atoms with Gasteiger partial charge < -0.3 is 9.47 Å². The lowest BCUT2D eigenvalue weighted by Crippen LogP contribution is -2.30. The van der Waals surface area contributed by atoms with Crippen molar-refractivity contribution in [2.24, 2.45) is 0 Å². The summed E-state index contributed by atoms with van der Waals surface area (Å²) in [7, 11) is -3.91. The lowest BCUT2D eigenvalue weighted by molar-refractivity contribution is -0.157. The molecule has 0 aliphatic heterocycles. The molecule has 0 aliphatic carbocycles. The van der Waals surface area contributed by atoms with Gasteiger partial charge in [0.1, 0.15) is 15.6 Å². The van der Waals surface area contributed by atoms with Crippen LogP contribution in [0.4, 0.5) is 0 Å². The Morgan fingerprint density at radius 2 is 1.70 bits per heavy atom. The van der Waals surface area contributed by atoms with Gasteiger partial charge in [0, 0.05) is 31.7 Å². The topological polar surface area (TPSA) is 104 Å². The fourth-order valence-electron chi connectivity index (χ4n) is 4.29. The lowest BCUT2D eigenvalue weighted by atomic mass is 10.2. The summed E-state index contributed by atoms with van der Waals surface area (Å²) in [5.41, 5.74) is 2.49. The number of rotatable bonds is 11. The molecule has 3 aromatic heterocycles. The molecule has 0 bridgehead atoms. The van der Waals surface area contributed by atoms with Crippen LogP contribution in [0.15, 0.2) is 108 Å². The maximum absolute atomic E-state index is 14.1. The Bertz CT molecular complexity index is 1760. The van der Waals surface area contributed by atoms with Crippen LogP contribution in [0.1, 0.15) is 31.9 Å². The summed E-state index contributed by atoms with van der Waals surface area (Å²) in [6, 6.07) is 25.4. The minimum Gasteiger partial charge on any atom is -0.482 e. The van der Waals surface area contributed by atoms with Crippen LogP contribution in [0.3, 0.4) is 0 Å². The Morgan fingerprint density at radius 1 is 0.907 bits per heavy atom. The molecule has 5 rings (SSSR count). The van der Waals surface area contributed by atoms with Crippen LogP contribution in [0.2, 0.25) is 0 Å². The number of carbonyl (C=O) groups excluding carboxylic acids is 1. The predicted octanol–water partition coefficient (Wildman–Crippen LogP) is 6.11. The summed E-state index contributed by atoms with van der Waals surface area (Å²) < 4.78 is 42.6. The summed E-state index contributed by atoms with van der Waals surface area (Å²) in [4.78, 5) is 17.3. The molecule has 0 radical (unpaired) electrons. The number of hydrogen-bond donors (Lipinski definition) is 0. The standard InChI is InChI=1S/C32H32N4O5S2/c1-32(2,3)41-30(37)23-40-27-9-6-8-25(20-27)22-35(21-24-11-13-26(14-12-24)36-19-7-18-34-36)43(38,39)31-16-15-29(42-31)28-10-4-5-17-33-28/h4-20H,21-23H2,1-3H3. The summed E-state index contributed by atoms with van der Waals surface area (Å²) in [6.07, 6.45) is 5.23. The SMILES string of the molecule is CC(C)(C)OC(=O)COc1cccc(CN(Cc2ccc(-n3cccn3)cc2)S(=O)(=O)c2ccc(-c3ccccn3)s2)c1. The Labute approximate surface area is 255 Å². The quantitative estimate of drug-likeness (QED) is 0.165. The Balaban J connectivity index is 1.40. The van der Waals surface area contributed by atoms with Crippen LogP contribution < -0.4 is 4.74 Å². The number of thiophene rings is 1. The van der Waals surface area contributed by atoms with Gasteiger partial charge >= 0.3 is 5.97 Å². The van der Waals surface area contributed by atoms with Crippen molar-refractivity contribution >= 4 is 27.3 Å². The number of benzene rings is 2. The van der Waals surface area contributed by atoms with Crippen LogP contribution in [0.25, 0.3) is 16.3 Å². The maximum Gasteiger partial charge on any atom is 0.344 e. The Morgan fingerprint density at radius 3 is 2.40 bits per heavy atom. The van der Waals surface area contributed by atoms with Crippen molar-refractivity contribution < 1.29 is 22.7 Å². The highest BCUT2D eigenvalue weighted by molar-refractivity contribution is 7.91. The van der Waals surface area contributed by atoms with E-state index in [2.05, 4.69) is 10.1 Å². The smallest absolute Gasteiger partial charge is 0.344 e. The van der Waals surface area contributed by atoms with Crippen LogP contribution in [-0.2, 0) is 32.6 Å². The van der Waals surface area contributed by atoms with Crippen LogP contribution in [-0.4, -0.2) is 45.7 Å². The average molecular weight is 617 g/mol. The number of pyridine rings is 1. The van der Waals surface area contributed by atoms with E-state index < -0.39 is 21.6 Å². The van der Waals surface area contributed by atoms with Crippen molar-refractivity contribution in [1.29, 1.82) is 0 Å². The molecule has 3 heterocycles. The highest BCUT2D eigenvalue weighted by Crippen LogP contribution is 2.33. The first kappa shape index (κ1) is 30.1. The Hall–Kier alpha value is -4.32. The number of ether oxygens (including phenoxy) is 2. The highest BCUT2D eigenvalue weighted by Gasteiger charge is 2.27. The van der Waals surface area contributed by atoms with Gasteiger partial charge in [-0.15, -0.1) is 11.3 Å². The number of sulfonamides is 1. The van der Waals surface area contributed by atoms with Gasteiger partial charge in [-0.2, -0.15) is 9.40 Å². The van der Waals surface area contributed by atoms with Crippen molar-refractivity contribution in [2.45, 2.75) is 43.7 Å². The Kier molecular flexibility index (Phi) is 9.05. The minimum absolute atomic E-state index is 0.0870. The van der Waals surface area contributed by atoms with Crippen molar-refractivity contribution in [1.82, 2.24) is 19.1 Å². The average Bonchev–Trinajstić information content (AvgIpc) is 3.70. The summed E-state index contributed by atoms with van der Waals surface area (Å²) in [5.74, 6) is -0.0417. The first-order valence-electron chi connectivity index (χ1n) is 13.6. The summed E-state index contributed by atoms with van der Waals surface area (Å²) >= 11 is 1.18. The molecule has 11 heteroatoms. The van der Waals surface area contributed by atoms with Gasteiger partial charge in [0.25, 0.3) is 10.0 Å². The monoisotopic (exact) mass is 616 g/mol. The zero-order valence-corrected chi connectivity index (χ0v) is 25.7. The molecule has 0 aliphatic rings. The van der Waals surface area contributed by atoms with E-state index in [4.69, 9.17) is 9.47 Å². The second kappa shape index (κ2) is 12.9. The van der Waals surface area contributed by atoms with Crippen LogP contribution in [0.5, 0.6) is 5.75 Å². The molecule has 0 unspecified atom stereocenters. The van der Waals surface area contributed by atoms with Crippen molar-refractivity contribution in [3.05, 3.63) is 115 Å². The van der Waals surface area contributed by atoms with Crippen molar-refractivity contribution in [3.8, 4) is 22.0 Å².